The average Bonchev–Trinajstić information content (AvgIpc) is 3.27. The molecule has 0 aliphatic rings. The number of nitrogens with one attached hydrogen (secondary N) is 4. The summed E-state index contributed by atoms with van der Waals surface area (Å²) in [5, 5.41) is 25.6. The highest BCUT2D eigenvalue weighted by Crippen LogP contribution is 2.06. The molecule has 0 aliphatic heterocycles. The van der Waals surface area contributed by atoms with Crippen LogP contribution in [0.25, 0.3) is 0 Å². The van der Waals surface area contributed by atoms with Gasteiger partial charge in [0.25, 0.3) is 0 Å². The van der Waals surface area contributed by atoms with Crippen LogP contribution in [0.3, 0.4) is 0 Å². The van der Waals surface area contributed by atoms with Gasteiger partial charge in [-0.3, -0.25) is 19.2 Å². The van der Waals surface area contributed by atoms with E-state index in [0.717, 1.165) is 0 Å². The van der Waals surface area contributed by atoms with Gasteiger partial charge in [-0.05, 0) is 5.92 Å². The number of nitrogens with zero attached hydrogens (tertiary/aromatic N) is 1. The van der Waals surface area contributed by atoms with Gasteiger partial charge in [0.1, 0.15) is 18.1 Å². The van der Waals surface area contributed by atoms with Gasteiger partial charge in [-0.15, -0.1) is 0 Å². The molecule has 1 aromatic heterocycles. The molecule has 0 spiro atoms. The molecule has 0 saturated heterocycles. The molecule has 0 aromatic carbocycles. The third-order valence-corrected chi connectivity index (χ3v) is 5.01. The molecule has 0 fully saturated rings. The molecular formula is C19H31N7O7. The van der Waals surface area contributed by atoms with E-state index in [4.69, 9.17) is 11.5 Å². The van der Waals surface area contributed by atoms with Gasteiger partial charge in [0.15, 0.2) is 0 Å². The van der Waals surface area contributed by atoms with Crippen LogP contribution < -0.4 is 27.4 Å². The van der Waals surface area contributed by atoms with Crippen LogP contribution in [-0.4, -0.2) is 80.6 Å². The predicted molar refractivity (Wildman–Crippen MR) is 114 cm³/mol. The summed E-state index contributed by atoms with van der Waals surface area (Å²) in [6, 6.07) is -5.34. The van der Waals surface area contributed by atoms with Crippen molar-refractivity contribution in [2.45, 2.75) is 57.3 Å². The summed E-state index contributed by atoms with van der Waals surface area (Å²) in [4.78, 5) is 66.8. The summed E-state index contributed by atoms with van der Waals surface area (Å²) >= 11 is 0. The number of imidazole rings is 1. The van der Waals surface area contributed by atoms with Crippen molar-refractivity contribution in [2.75, 3.05) is 6.61 Å². The molecular weight excluding hydrogens is 438 g/mol. The molecule has 0 saturated carbocycles. The van der Waals surface area contributed by atoms with Gasteiger partial charge in [0.05, 0.1) is 25.4 Å². The van der Waals surface area contributed by atoms with Crippen molar-refractivity contribution in [3.63, 3.8) is 0 Å². The normalized spacial score (nSPS) is 15.4. The molecule has 1 aromatic rings. The van der Waals surface area contributed by atoms with Crippen molar-refractivity contribution in [2.24, 2.45) is 17.4 Å². The lowest BCUT2D eigenvalue weighted by molar-refractivity contribution is -0.142. The van der Waals surface area contributed by atoms with Crippen LogP contribution in [0.15, 0.2) is 12.5 Å². The standard InChI is InChI=1S/C19H31N7O7/c1-3-9(2)15(21)18(31)26-13(7-27)17(30)24-11(5-14(20)28)16(29)25-12(19(32)33)4-10-6-22-8-23-10/h6,8-9,11-13,15,27H,3-5,7,21H2,1-2H3,(H2,20,28)(H,22,23)(H,24,30)(H,25,29)(H,26,31)(H,32,33). The van der Waals surface area contributed by atoms with Gasteiger partial charge < -0.3 is 42.6 Å². The zero-order chi connectivity index (χ0) is 25.1. The fourth-order valence-corrected chi connectivity index (χ4v) is 2.75. The number of hydrogen-bond donors (Lipinski definition) is 8. The van der Waals surface area contributed by atoms with Gasteiger partial charge in [-0.1, -0.05) is 20.3 Å². The van der Waals surface area contributed by atoms with Gasteiger partial charge in [-0.2, -0.15) is 0 Å². The first-order valence-corrected chi connectivity index (χ1v) is 10.3. The second-order valence-corrected chi connectivity index (χ2v) is 7.57. The molecule has 0 radical (unpaired) electrons. The molecule has 14 heteroatoms. The molecule has 33 heavy (non-hydrogen) atoms. The Morgan fingerprint density at radius 1 is 1.06 bits per heavy atom. The van der Waals surface area contributed by atoms with Gasteiger partial charge in [0.2, 0.25) is 23.6 Å². The quantitative estimate of drug-likeness (QED) is 0.136. The van der Waals surface area contributed by atoms with Crippen molar-refractivity contribution in [1.82, 2.24) is 25.9 Å². The van der Waals surface area contributed by atoms with Crippen LogP contribution in [0.5, 0.6) is 0 Å². The number of rotatable bonds is 14. The van der Waals surface area contributed by atoms with Crippen LogP contribution in [0, 0.1) is 5.92 Å². The molecule has 184 valence electrons. The lowest BCUT2D eigenvalue weighted by Crippen LogP contribution is -2.59. The average molecular weight is 469 g/mol. The Kier molecular flexibility index (Phi) is 10.9. The summed E-state index contributed by atoms with van der Waals surface area (Å²) in [6.45, 7) is 2.76. The number of aliphatic hydroxyl groups excluding tert-OH is 1. The number of amides is 4. The number of carbonyl (C=O) groups excluding carboxylic acids is 4. The number of aromatic nitrogens is 2. The Labute approximate surface area is 189 Å². The Hall–Kier alpha value is -3.52. The number of carbonyl (C=O) groups is 5. The minimum atomic E-state index is -1.55. The minimum Gasteiger partial charge on any atom is -0.480 e. The third kappa shape index (κ3) is 8.86. The van der Waals surface area contributed by atoms with E-state index in [0.29, 0.717) is 12.1 Å². The molecule has 5 unspecified atom stereocenters. The fraction of sp³-hybridized carbons (Fsp3) is 0.579. The van der Waals surface area contributed by atoms with Crippen molar-refractivity contribution < 1.29 is 34.2 Å². The summed E-state index contributed by atoms with van der Waals surface area (Å²) in [7, 11) is 0. The number of hydrogen-bond acceptors (Lipinski definition) is 8. The van der Waals surface area contributed by atoms with Crippen LogP contribution in [-0.2, 0) is 30.4 Å². The third-order valence-electron chi connectivity index (χ3n) is 5.01. The lowest BCUT2D eigenvalue weighted by Gasteiger charge is -2.24. The van der Waals surface area contributed by atoms with Crippen LogP contribution in [0.4, 0.5) is 0 Å². The summed E-state index contributed by atoms with van der Waals surface area (Å²) in [5.41, 5.74) is 11.4. The number of carboxylic acid groups (broad SMARTS) is 1. The topological polar surface area (TPSA) is 243 Å². The van der Waals surface area contributed by atoms with E-state index in [-0.39, 0.29) is 12.3 Å². The maximum atomic E-state index is 12.6. The molecule has 1 heterocycles. The number of H-pyrrole nitrogens is 1. The van der Waals surface area contributed by atoms with Gasteiger partial charge >= 0.3 is 5.97 Å². The highest BCUT2D eigenvalue weighted by Gasteiger charge is 2.31. The Bertz CT molecular complexity index is 830. The molecule has 4 amide bonds. The first kappa shape index (κ1) is 27.5. The van der Waals surface area contributed by atoms with Crippen LogP contribution >= 0.6 is 0 Å². The molecule has 14 nitrogen and oxygen atoms in total. The fourth-order valence-electron chi connectivity index (χ4n) is 2.75. The molecule has 1 rings (SSSR count). The number of aliphatic carboxylic acids is 1. The van der Waals surface area contributed by atoms with E-state index >= 15 is 0 Å². The number of nitrogens with two attached hydrogens (primary N) is 2. The summed E-state index contributed by atoms with van der Waals surface area (Å²) in [5.74, 6) is -5.15. The molecule has 5 atom stereocenters. The second-order valence-electron chi connectivity index (χ2n) is 7.57. The number of aliphatic hydroxyl groups is 1. The SMILES string of the molecule is CCC(C)C(N)C(=O)NC(CO)C(=O)NC(CC(N)=O)C(=O)NC(Cc1cnc[nH]1)C(=O)O. The Morgan fingerprint density at radius 2 is 1.64 bits per heavy atom. The zero-order valence-electron chi connectivity index (χ0n) is 18.4. The number of carboxylic acids is 1. The predicted octanol–water partition coefficient (Wildman–Crippen LogP) is -3.27. The first-order chi connectivity index (χ1) is 15.5. The van der Waals surface area contributed by atoms with Crippen LogP contribution in [0.1, 0.15) is 32.4 Å². The van der Waals surface area contributed by atoms with Crippen LogP contribution in [0.2, 0.25) is 0 Å². The van der Waals surface area contributed by atoms with E-state index in [1.54, 1.807) is 6.92 Å². The molecule has 10 N–H and O–H groups in total. The maximum Gasteiger partial charge on any atom is 0.326 e. The smallest absolute Gasteiger partial charge is 0.326 e. The molecule has 0 bridgehead atoms. The highest BCUT2D eigenvalue weighted by molar-refractivity contribution is 5.96. The summed E-state index contributed by atoms with van der Waals surface area (Å²) < 4.78 is 0. The zero-order valence-corrected chi connectivity index (χ0v) is 18.4. The molecule has 0 aliphatic carbocycles. The number of primary amides is 1. The highest BCUT2D eigenvalue weighted by atomic mass is 16.4. The van der Waals surface area contributed by atoms with E-state index in [9.17, 15) is 34.2 Å². The largest absolute Gasteiger partial charge is 0.480 e. The maximum absolute atomic E-state index is 12.6. The van der Waals surface area contributed by atoms with Crippen molar-refractivity contribution in [3.05, 3.63) is 18.2 Å². The van der Waals surface area contributed by atoms with Crippen molar-refractivity contribution in [3.8, 4) is 0 Å². The van der Waals surface area contributed by atoms with Gasteiger partial charge in [-0.25, -0.2) is 9.78 Å². The Morgan fingerprint density at radius 3 is 2.12 bits per heavy atom. The first-order valence-electron chi connectivity index (χ1n) is 10.3. The van der Waals surface area contributed by atoms with Crippen molar-refractivity contribution >= 4 is 29.6 Å². The Balaban J connectivity index is 2.89. The van der Waals surface area contributed by atoms with E-state index in [2.05, 4.69) is 25.9 Å². The van der Waals surface area contributed by atoms with Gasteiger partial charge in [0, 0.05) is 18.3 Å². The van der Waals surface area contributed by atoms with E-state index in [1.165, 1.54) is 12.5 Å². The van der Waals surface area contributed by atoms with E-state index < -0.39 is 66.8 Å². The monoisotopic (exact) mass is 469 g/mol. The van der Waals surface area contributed by atoms with Crippen molar-refractivity contribution in [1.29, 1.82) is 0 Å². The lowest BCUT2D eigenvalue weighted by atomic mass is 9.99. The number of aromatic amines is 1. The van der Waals surface area contributed by atoms with E-state index in [1.807, 2.05) is 6.92 Å². The summed E-state index contributed by atoms with van der Waals surface area (Å²) in [6.07, 6.45) is 2.54. The second kappa shape index (κ2) is 13.1. The minimum absolute atomic E-state index is 0.138.